The summed E-state index contributed by atoms with van der Waals surface area (Å²) in [7, 11) is -7.06. The summed E-state index contributed by atoms with van der Waals surface area (Å²) < 4.78 is 48.8. The molecule has 7 nitrogen and oxygen atoms in total. The molecule has 0 atom stereocenters. The molecule has 0 spiro atoms. The molecule has 0 saturated carbocycles. The Kier molecular flexibility index (Phi) is 4.24. The molecule has 0 aliphatic carbocycles. The van der Waals surface area contributed by atoms with Crippen LogP contribution >= 0.6 is 11.6 Å². The van der Waals surface area contributed by atoms with Gasteiger partial charge in [-0.15, -0.1) is 0 Å². The Hall–Kier alpha value is -0.900. The van der Waals surface area contributed by atoms with Crippen LogP contribution in [0.4, 0.5) is 0 Å². The smallest absolute Gasteiger partial charge is 0.266 e. The number of aromatic nitrogens is 1. The lowest BCUT2D eigenvalue weighted by molar-refractivity contribution is 0.434. The van der Waals surface area contributed by atoms with E-state index in [1.807, 2.05) is 0 Å². The van der Waals surface area contributed by atoms with Crippen LogP contribution in [-0.4, -0.2) is 50.7 Å². The monoisotopic (exact) mass is 340 g/mol. The number of nitrogens with one attached hydrogen (secondary N) is 1. The van der Waals surface area contributed by atoms with Gasteiger partial charge in [0.1, 0.15) is 5.02 Å². The number of sulfone groups is 1. The van der Waals surface area contributed by atoms with E-state index in [0.29, 0.717) is 0 Å². The highest BCUT2D eigenvalue weighted by Crippen LogP contribution is 2.18. The summed E-state index contributed by atoms with van der Waals surface area (Å²) in [5.74, 6) is -0.227. The van der Waals surface area contributed by atoms with Crippen molar-refractivity contribution < 1.29 is 16.8 Å². The number of nitrogens with zero attached hydrogens (tertiary/aromatic N) is 1. The summed E-state index contributed by atoms with van der Waals surface area (Å²) in [6.45, 7) is 0.0275. The van der Waals surface area contributed by atoms with Crippen LogP contribution in [0, 0.1) is 0 Å². The van der Waals surface area contributed by atoms with Crippen molar-refractivity contribution in [3.63, 3.8) is 0 Å². The second-order valence-corrected chi connectivity index (χ2v) is 9.07. The first-order valence-electron chi connectivity index (χ1n) is 5.81. The molecule has 1 aliphatic rings. The molecule has 1 aliphatic heterocycles. The molecule has 1 aromatic heterocycles. The van der Waals surface area contributed by atoms with Crippen LogP contribution in [0.15, 0.2) is 22.0 Å². The molecule has 0 aromatic carbocycles. The largest absolute Gasteiger partial charge is 0.326 e. The summed E-state index contributed by atoms with van der Waals surface area (Å²) in [4.78, 5) is 13.2. The number of pyridine rings is 1. The van der Waals surface area contributed by atoms with Crippen molar-refractivity contribution in [1.82, 2.24) is 9.29 Å². The summed E-state index contributed by atoms with van der Waals surface area (Å²) in [5, 5.41) is -0.228. The molecule has 1 saturated heterocycles. The predicted molar refractivity (Wildman–Crippen MR) is 74.1 cm³/mol. The second-order valence-electron chi connectivity index (χ2n) is 4.42. The van der Waals surface area contributed by atoms with E-state index in [0.717, 1.165) is 16.6 Å². The summed E-state index contributed by atoms with van der Waals surface area (Å²) in [6.07, 6.45) is 1.31. The lowest BCUT2D eigenvalue weighted by atomic mass is 10.5. The first-order valence-corrected chi connectivity index (χ1v) is 9.45. The Morgan fingerprint density at radius 3 is 2.60 bits per heavy atom. The van der Waals surface area contributed by atoms with E-state index in [9.17, 15) is 21.6 Å². The summed E-state index contributed by atoms with van der Waals surface area (Å²) in [5.41, 5.74) is -0.580. The van der Waals surface area contributed by atoms with E-state index in [-0.39, 0.29) is 40.9 Å². The van der Waals surface area contributed by atoms with Gasteiger partial charge in [-0.1, -0.05) is 11.6 Å². The number of hydrogen-bond donors (Lipinski definition) is 1. The van der Waals surface area contributed by atoms with Crippen molar-refractivity contribution in [3.8, 4) is 0 Å². The van der Waals surface area contributed by atoms with Gasteiger partial charge in [-0.2, -0.15) is 4.31 Å². The van der Waals surface area contributed by atoms with Gasteiger partial charge in [0.2, 0.25) is 10.0 Å². The molecule has 10 heteroatoms. The first kappa shape index (κ1) is 15.5. The van der Waals surface area contributed by atoms with Crippen molar-refractivity contribution in [1.29, 1.82) is 0 Å². The zero-order valence-electron chi connectivity index (χ0n) is 10.4. The average molecular weight is 341 g/mol. The minimum atomic E-state index is -3.86. The molecule has 2 rings (SSSR count). The minimum absolute atomic E-state index is 0.0224. The van der Waals surface area contributed by atoms with E-state index in [1.165, 1.54) is 0 Å². The fraction of sp³-hybridized carbons (Fsp3) is 0.500. The third kappa shape index (κ3) is 3.22. The highest BCUT2D eigenvalue weighted by molar-refractivity contribution is 7.91. The molecule has 112 valence electrons. The number of sulfonamides is 1. The van der Waals surface area contributed by atoms with Gasteiger partial charge in [0.25, 0.3) is 5.56 Å². The fourth-order valence-electron chi connectivity index (χ4n) is 1.89. The van der Waals surface area contributed by atoms with Crippen LogP contribution in [-0.2, 0) is 19.9 Å². The summed E-state index contributed by atoms with van der Waals surface area (Å²) in [6, 6.07) is 1.06. The van der Waals surface area contributed by atoms with Crippen LogP contribution in [0.25, 0.3) is 0 Å². The molecule has 1 fully saturated rings. The normalized spacial score (nSPS) is 20.4. The second kappa shape index (κ2) is 5.47. The highest BCUT2D eigenvalue weighted by Gasteiger charge is 2.29. The molecule has 0 radical (unpaired) electrons. The highest BCUT2D eigenvalue weighted by atomic mass is 35.5. The molecular formula is C10H13ClN2O5S2. The van der Waals surface area contributed by atoms with Gasteiger partial charge in [0.05, 0.1) is 16.4 Å². The van der Waals surface area contributed by atoms with E-state index in [1.54, 1.807) is 0 Å². The number of aromatic amines is 1. The lowest BCUT2D eigenvalue weighted by Gasteiger charge is -2.19. The molecule has 20 heavy (non-hydrogen) atoms. The molecule has 1 N–H and O–H groups in total. The Bertz CT molecular complexity index is 769. The van der Waals surface area contributed by atoms with E-state index in [4.69, 9.17) is 11.6 Å². The van der Waals surface area contributed by atoms with Crippen molar-refractivity contribution in [2.45, 2.75) is 11.3 Å². The number of rotatable bonds is 2. The van der Waals surface area contributed by atoms with Gasteiger partial charge < -0.3 is 4.98 Å². The van der Waals surface area contributed by atoms with Crippen LogP contribution in [0.1, 0.15) is 6.42 Å². The molecule has 1 aromatic rings. The zero-order chi connectivity index (χ0) is 15.0. The van der Waals surface area contributed by atoms with Gasteiger partial charge in [0.15, 0.2) is 9.84 Å². The maximum Gasteiger partial charge on any atom is 0.266 e. The van der Waals surface area contributed by atoms with Gasteiger partial charge in [0, 0.05) is 19.3 Å². The Morgan fingerprint density at radius 1 is 1.25 bits per heavy atom. The maximum absolute atomic E-state index is 12.4. The van der Waals surface area contributed by atoms with Gasteiger partial charge in [-0.05, 0) is 12.5 Å². The third-order valence-corrected chi connectivity index (χ3v) is 6.86. The Labute approximate surface area is 121 Å². The maximum atomic E-state index is 12.4. The van der Waals surface area contributed by atoms with Crippen LogP contribution in [0.2, 0.25) is 5.02 Å². The van der Waals surface area contributed by atoms with Crippen molar-refractivity contribution in [2.24, 2.45) is 0 Å². The van der Waals surface area contributed by atoms with Crippen molar-refractivity contribution in [2.75, 3.05) is 24.6 Å². The third-order valence-electron chi connectivity index (χ3n) is 2.98. The topological polar surface area (TPSA) is 104 Å². The Morgan fingerprint density at radius 2 is 1.95 bits per heavy atom. The van der Waals surface area contributed by atoms with E-state index in [2.05, 4.69) is 4.98 Å². The Balaban J connectivity index is 2.34. The summed E-state index contributed by atoms with van der Waals surface area (Å²) >= 11 is 5.61. The number of halogens is 1. The zero-order valence-corrected chi connectivity index (χ0v) is 12.8. The van der Waals surface area contributed by atoms with Crippen LogP contribution in [0.3, 0.4) is 0 Å². The van der Waals surface area contributed by atoms with E-state index >= 15 is 0 Å². The quantitative estimate of drug-likeness (QED) is 0.805. The molecule has 2 heterocycles. The lowest BCUT2D eigenvalue weighted by Crippen LogP contribution is -2.34. The van der Waals surface area contributed by atoms with Crippen LogP contribution in [0.5, 0.6) is 0 Å². The number of hydrogen-bond acceptors (Lipinski definition) is 5. The van der Waals surface area contributed by atoms with Crippen molar-refractivity contribution >= 4 is 31.5 Å². The molecule has 0 bridgehead atoms. The average Bonchev–Trinajstić information content (AvgIpc) is 2.54. The first-order chi connectivity index (χ1) is 9.22. The SMILES string of the molecule is O=c1[nH]cc(S(=O)(=O)N2CCCS(=O)(=O)CC2)cc1Cl. The van der Waals surface area contributed by atoms with Gasteiger partial charge in [-0.25, -0.2) is 16.8 Å². The fourth-order valence-corrected chi connectivity index (χ4v) is 4.99. The predicted octanol–water partition coefficient (Wildman–Crippen LogP) is -0.162. The van der Waals surface area contributed by atoms with Gasteiger partial charge in [-0.3, -0.25) is 4.79 Å². The molecule has 0 unspecified atom stereocenters. The molecule has 0 amide bonds. The van der Waals surface area contributed by atoms with Crippen molar-refractivity contribution in [3.05, 3.63) is 27.6 Å². The minimum Gasteiger partial charge on any atom is -0.326 e. The van der Waals surface area contributed by atoms with Crippen LogP contribution < -0.4 is 5.56 Å². The standard InChI is InChI=1S/C10H13ClN2O5S2/c11-9-6-8(7-12-10(9)14)20(17,18)13-2-1-4-19(15,16)5-3-13/h6-7H,1-5H2,(H,12,14). The number of H-pyrrole nitrogens is 1. The molecular weight excluding hydrogens is 328 g/mol. The van der Waals surface area contributed by atoms with Gasteiger partial charge >= 0.3 is 0 Å². The van der Waals surface area contributed by atoms with E-state index < -0.39 is 25.4 Å².